The van der Waals surface area contributed by atoms with E-state index in [9.17, 15) is 0 Å². The largest absolute Gasteiger partial charge is 0.330 e. The Bertz CT molecular complexity index is 301. The minimum Gasteiger partial charge on any atom is -0.330 e. The third kappa shape index (κ3) is 5.30. The lowest BCUT2D eigenvalue weighted by atomic mass is 10.1. The lowest BCUT2D eigenvalue weighted by Gasteiger charge is -2.18. The molecule has 1 rings (SSSR count). The summed E-state index contributed by atoms with van der Waals surface area (Å²) in [7, 11) is 2.17. The Hall–Kier alpha value is -0.0900. The van der Waals surface area contributed by atoms with Gasteiger partial charge in [0.2, 0.25) is 0 Å². The van der Waals surface area contributed by atoms with Crippen LogP contribution in [0.4, 0.5) is 0 Å². The van der Waals surface area contributed by atoms with Gasteiger partial charge in [-0.2, -0.15) is 0 Å². The molecule has 0 saturated heterocycles. The van der Waals surface area contributed by atoms with Crippen molar-refractivity contribution in [2.24, 2.45) is 11.7 Å². The van der Waals surface area contributed by atoms with Gasteiger partial charge in [-0.3, -0.25) is 0 Å². The molecule has 0 amide bonds. The summed E-state index contributed by atoms with van der Waals surface area (Å²) in [4.78, 5) is 3.73. The predicted octanol–water partition coefficient (Wildman–Crippen LogP) is 2.86. The van der Waals surface area contributed by atoms with Crippen molar-refractivity contribution < 1.29 is 0 Å². The second-order valence-corrected chi connectivity index (χ2v) is 6.19. The Morgan fingerprint density at radius 1 is 1.44 bits per heavy atom. The van der Waals surface area contributed by atoms with E-state index in [-0.39, 0.29) is 0 Å². The molecular weight excluding hydrogens is 240 g/mol. The van der Waals surface area contributed by atoms with Gasteiger partial charge < -0.3 is 10.6 Å². The van der Waals surface area contributed by atoms with Crippen LogP contribution in [0.2, 0.25) is 4.34 Å². The minimum atomic E-state index is 0.624. The molecule has 0 fully saturated rings. The zero-order valence-corrected chi connectivity index (χ0v) is 11.7. The molecule has 0 radical (unpaired) electrons. The zero-order chi connectivity index (χ0) is 12.0. The van der Waals surface area contributed by atoms with Gasteiger partial charge in [0, 0.05) is 11.4 Å². The molecule has 0 aliphatic heterocycles. The van der Waals surface area contributed by atoms with E-state index in [0.29, 0.717) is 5.92 Å². The number of nitrogens with zero attached hydrogens (tertiary/aromatic N) is 1. The SMILES string of the molecule is CC(CN)CCN(C)CCc1ccc(Cl)s1. The molecule has 1 aromatic rings. The van der Waals surface area contributed by atoms with Crippen LogP contribution in [0.15, 0.2) is 12.1 Å². The average Bonchev–Trinajstić information content (AvgIpc) is 2.69. The van der Waals surface area contributed by atoms with E-state index in [4.69, 9.17) is 17.3 Å². The quantitative estimate of drug-likeness (QED) is 0.817. The molecule has 0 saturated carbocycles. The first-order chi connectivity index (χ1) is 7.61. The first-order valence-corrected chi connectivity index (χ1v) is 6.94. The number of hydrogen-bond acceptors (Lipinski definition) is 3. The van der Waals surface area contributed by atoms with Gasteiger partial charge in [0.15, 0.2) is 0 Å². The van der Waals surface area contributed by atoms with Crippen molar-refractivity contribution in [3.63, 3.8) is 0 Å². The molecule has 0 aromatic carbocycles. The number of rotatable bonds is 7. The topological polar surface area (TPSA) is 29.3 Å². The monoisotopic (exact) mass is 260 g/mol. The molecule has 1 aromatic heterocycles. The highest BCUT2D eigenvalue weighted by atomic mass is 35.5. The Morgan fingerprint density at radius 2 is 2.19 bits per heavy atom. The fourth-order valence-electron chi connectivity index (χ4n) is 1.46. The summed E-state index contributed by atoms with van der Waals surface area (Å²) in [5.41, 5.74) is 5.59. The standard InChI is InChI=1S/C12H21ClN2S/c1-10(9-14)5-7-15(2)8-6-11-3-4-12(13)16-11/h3-4,10H,5-9,14H2,1-2H3. The van der Waals surface area contributed by atoms with E-state index in [1.807, 2.05) is 6.07 Å². The maximum Gasteiger partial charge on any atom is 0.0931 e. The van der Waals surface area contributed by atoms with Crippen molar-refractivity contribution in [2.75, 3.05) is 26.7 Å². The van der Waals surface area contributed by atoms with Crippen LogP contribution in [-0.4, -0.2) is 31.6 Å². The third-order valence-electron chi connectivity index (χ3n) is 2.77. The van der Waals surface area contributed by atoms with Gasteiger partial charge >= 0.3 is 0 Å². The Morgan fingerprint density at radius 3 is 2.75 bits per heavy atom. The predicted molar refractivity (Wildman–Crippen MR) is 73.4 cm³/mol. The number of hydrogen-bond donors (Lipinski definition) is 1. The van der Waals surface area contributed by atoms with Crippen molar-refractivity contribution >= 4 is 22.9 Å². The van der Waals surface area contributed by atoms with E-state index < -0.39 is 0 Å². The summed E-state index contributed by atoms with van der Waals surface area (Å²) >= 11 is 7.57. The minimum absolute atomic E-state index is 0.624. The summed E-state index contributed by atoms with van der Waals surface area (Å²) in [5, 5.41) is 0. The van der Waals surface area contributed by atoms with Gasteiger partial charge in [0.25, 0.3) is 0 Å². The van der Waals surface area contributed by atoms with Crippen molar-refractivity contribution in [3.05, 3.63) is 21.3 Å². The molecule has 1 unspecified atom stereocenters. The highest BCUT2D eigenvalue weighted by molar-refractivity contribution is 7.16. The smallest absolute Gasteiger partial charge is 0.0931 e. The Labute approximate surface area is 107 Å². The van der Waals surface area contributed by atoms with E-state index in [1.54, 1.807) is 11.3 Å². The molecule has 92 valence electrons. The second-order valence-electron chi connectivity index (χ2n) is 4.39. The van der Waals surface area contributed by atoms with Crippen molar-refractivity contribution in [3.8, 4) is 0 Å². The van der Waals surface area contributed by atoms with Gasteiger partial charge in [-0.25, -0.2) is 0 Å². The molecule has 2 nitrogen and oxygen atoms in total. The van der Waals surface area contributed by atoms with Crippen LogP contribution in [0.5, 0.6) is 0 Å². The molecule has 0 spiro atoms. The number of thiophene rings is 1. The van der Waals surface area contributed by atoms with Gasteiger partial charge in [0.1, 0.15) is 0 Å². The zero-order valence-electron chi connectivity index (χ0n) is 10.1. The first-order valence-electron chi connectivity index (χ1n) is 5.74. The third-order valence-corrected chi connectivity index (χ3v) is 4.07. The first kappa shape index (κ1) is 14.0. The number of halogens is 1. The van der Waals surface area contributed by atoms with Crippen LogP contribution >= 0.6 is 22.9 Å². The van der Waals surface area contributed by atoms with Crippen LogP contribution in [0, 0.1) is 5.92 Å². The second kappa shape index (κ2) is 7.28. The van der Waals surface area contributed by atoms with E-state index in [1.165, 1.54) is 11.3 Å². The Balaban J connectivity index is 2.17. The molecule has 2 N–H and O–H groups in total. The van der Waals surface area contributed by atoms with Gasteiger partial charge in [-0.15, -0.1) is 11.3 Å². The molecule has 16 heavy (non-hydrogen) atoms. The fraction of sp³-hybridized carbons (Fsp3) is 0.667. The van der Waals surface area contributed by atoms with Crippen LogP contribution < -0.4 is 5.73 Å². The molecule has 1 atom stereocenters. The van der Waals surface area contributed by atoms with Crippen LogP contribution in [0.25, 0.3) is 0 Å². The summed E-state index contributed by atoms with van der Waals surface area (Å²) in [6, 6.07) is 4.08. The van der Waals surface area contributed by atoms with E-state index in [0.717, 1.165) is 30.4 Å². The van der Waals surface area contributed by atoms with Crippen LogP contribution in [0.1, 0.15) is 18.2 Å². The molecule has 4 heteroatoms. The van der Waals surface area contributed by atoms with Crippen molar-refractivity contribution in [2.45, 2.75) is 19.8 Å². The molecular formula is C12H21ClN2S. The number of nitrogens with two attached hydrogens (primary N) is 1. The molecule has 0 aliphatic carbocycles. The maximum absolute atomic E-state index is 5.89. The molecule has 0 bridgehead atoms. The van der Waals surface area contributed by atoms with E-state index in [2.05, 4.69) is 24.9 Å². The van der Waals surface area contributed by atoms with Gasteiger partial charge in [0.05, 0.1) is 4.34 Å². The van der Waals surface area contributed by atoms with Crippen molar-refractivity contribution in [1.29, 1.82) is 0 Å². The Kier molecular flexibility index (Phi) is 6.36. The summed E-state index contributed by atoms with van der Waals surface area (Å²) in [6.45, 7) is 5.20. The van der Waals surface area contributed by atoms with E-state index >= 15 is 0 Å². The molecule has 1 heterocycles. The normalized spacial score (nSPS) is 13.3. The van der Waals surface area contributed by atoms with Gasteiger partial charge in [-0.1, -0.05) is 18.5 Å². The maximum atomic E-state index is 5.89. The van der Waals surface area contributed by atoms with Crippen LogP contribution in [-0.2, 0) is 6.42 Å². The summed E-state index contributed by atoms with van der Waals surface area (Å²) in [5.74, 6) is 0.624. The highest BCUT2D eigenvalue weighted by Crippen LogP contribution is 2.21. The summed E-state index contributed by atoms with van der Waals surface area (Å²) < 4.78 is 0.884. The van der Waals surface area contributed by atoms with Crippen LogP contribution in [0.3, 0.4) is 0 Å². The van der Waals surface area contributed by atoms with Crippen molar-refractivity contribution in [1.82, 2.24) is 4.90 Å². The lowest BCUT2D eigenvalue weighted by Crippen LogP contribution is -2.25. The number of likely N-dealkylation sites (N-methyl/N-ethyl adjacent to an activating group) is 1. The molecule has 0 aliphatic rings. The highest BCUT2D eigenvalue weighted by Gasteiger charge is 2.04. The summed E-state index contributed by atoms with van der Waals surface area (Å²) in [6.07, 6.45) is 2.27. The lowest BCUT2D eigenvalue weighted by molar-refractivity contribution is 0.311. The average molecular weight is 261 g/mol. The van der Waals surface area contributed by atoms with Gasteiger partial charge in [-0.05, 0) is 51.0 Å². The fourth-order valence-corrected chi connectivity index (χ4v) is 2.53.